The first-order valence-electron chi connectivity index (χ1n) is 6.60. The number of ether oxygens (including phenoxy) is 1. The second-order valence-corrected chi connectivity index (χ2v) is 5.37. The van der Waals surface area contributed by atoms with Crippen molar-refractivity contribution in [2.75, 3.05) is 13.7 Å². The van der Waals surface area contributed by atoms with Gasteiger partial charge in [-0.05, 0) is 44.6 Å². The largest absolute Gasteiger partial charge is 0.376 e. The first kappa shape index (κ1) is 11.4. The second-order valence-electron chi connectivity index (χ2n) is 5.37. The molecule has 2 aliphatic rings. The Kier molecular flexibility index (Phi) is 4.04. The Labute approximate surface area is 93.8 Å². The van der Waals surface area contributed by atoms with E-state index in [0.717, 1.165) is 18.4 Å². The summed E-state index contributed by atoms with van der Waals surface area (Å²) in [6.45, 7) is 3.27. The molecular formula is C13H25NO. The van der Waals surface area contributed by atoms with Gasteiger partial charge in [0.2, 0.25) is 0 Å². The fourth-order valence-corrected chi connectivity index (χ4v) is 2.71. The van der Waals surface area contributed by atoms with Gasteiger partial charge in [-0.15, -0.1) is 0 Å². The topological polar surface area (TPSA) is 21.3 Å². The van der Waals surface area contributed by atoms with E-state index in [1.165, 1.54) is 38.5 Å². The molecule has 15 heavy (non-hydrogen) atoms. The van der Waals surface area contributed by atoms with E-state index >= 15 is 0 Å². The fourth-order valence-electron chi connectivity index (χ4n) is 2.71. The van der Waals surface area contributed by atoms with Crippen LogP contribution in [0.1, 0.15) is 45.4 Å². The van der Waals surface area contributed by atoms with Gasteiger partial charge in [0.1, 0.15) is 0 Å². The molecule has 2 heteroatoms. The highest BCUT2D eigenvalue weighted by atomic mass is 16.5. The molecule has 0 heterocycles. The predicted octanol–water partition coefficient (Wildman–Crippen LogP) is 2.58. The zero-order valence-electron chi connectivity index (χ0n) is 10.2. The normalized spacial score (nSPS) is 34.0. The highest BCUT2D eigenvalue weighted by Crippen LogP contribution is 2.33. The molecule has 2 rings (SSSR count). The van der Waals surface area contributed by atoms with Crippen LogP contribution in [0.2, 0.25) is 0 Å². The third-order valence-corrected chi connectivity index (χ3v) is 4.08. The Bertz CT molecular complexity index is 191. The van der Waals surface area contributed by atoms with Gasteiger partial charge in [0.25, 0.3) is 0 Å². The predicted molar refractivity (Wildman–Crippen MR) is 62.9 cm³/mol. The van der Waals surface area contributed by atoms with Gasteiger partial charge in [0.05, 0.1) is 12.7 Å². The SMILES string of the molecule is CNC(COC1CCCCC1C)C1CC1. The molecule has 2 nitrogen and oxygen atoms in total. The second kappa shape index (κ2) is 5.31. The maximum Gasteiger partial charge on any atom is 0.0626 e. The van der Waals surface area contributed by atoms with Crippen LogP contribution in [0, 0.1) is 11.8 Å². The fraction of sp³-hybridized carbons (Fsp3) is 1.00. The van der Waals surface area contributed by atoms with Crippen LogP contribution in [0.5, 0.6) is 0 Å². The molecule has 2 aliphatic carbocycles. The third kappa shape index (κ3) is 3.18. The van der Waals surface area contributed by atoms with Crippen molar-refractivity contribution in [2.45, 2.75) is 57.6 Å². The maximum atomic E-state index is 6.09. The Balaban J connectivity index is 1.70. The lowest BCUT2D eigenvalue weighted by molar-refractivity contribution is -0.0165. The lowest BCUT2D eigenvalue weighted by Crippen LogP contribution is -2.36. The summed E-state index contributed by atoms with van der Waals surface area (Å²) in [6.07, 6.45) is 8.74. The van der Waals surface area contributed by atoms with Gasteiger partial charge < -0.3 is 10.1 Å². The van der Waals surface area contributed by atoms with Crippen molar-refractivity contribution in [3.8, 4) is 0 Å². The minimum absolute atomic E-state index is 0.536. The molecule has 0 aromatic heterocycles. The quantitative estimate of drug-likeness (QED) is 0.754. The zero-order chi connectivity index (χ0) is 10.7. The lowest BCUT2D eigenvalue weighted by Gasteiger charge is -2.30. The number of rotatable bonds is 5. The average Bonchev–Trinajstić information content (AvgIpc) is 3.06. The summed E-state index contributed by atoms with van der Waals surface area (Å²) in [4.78, 5) is 0. The van der Waals surface area contributed by atoms with Crippen molar-refractivity contribution in [2.24, 2.45) is 11.8 Å². The van der Waals surface area contributed by atoms with Gasteiger partial charge in [-0.1, -0.05) is 19.8 Å². The van der Waals surface area contributed by atoms with Crippen LogP contribution in [0.4, 0.5) is 0 Å². The highest BCUT2D eigenvalue weighted by molar-refractivity contribution is 4.86. The van der Waals surface area contributed by atoms with Gasteiger partial charge in [0.15, 0.2) is 0 Å². The van der Waals surface area contributed by atoms with Gasteiger partial charge in [0, 0.05) is 6.04 Å². The minimum Gasteiger partial charge on any atom is -0.376 e. The van der Waals surface area contributed by atoms with E-state index in [2.05, 4.69) is 19.3 Å². The Morgan fingerprint density at radius 2 is 1.93 bits per heavy atom. The minimum atomic E-state index is 0.536. The van der Waals surface area contributed by atoms with Crippen LogP contribution in [0.15, 0.2) is 0 Å². The number of likely N-dealkylation sites (N-methyl/N-ethyl adjacent to an activating group) is 1. The van der Waals surface area contributed by atoms with Crippen molar-refractivity contribution >= 4 is 0 Å². The van der Waals surface area contributed by atoms with E-state index in [0.29, 0.717) is 12.1 Å². The lowest BCUT2D eigenvalue weighted by atomic mass is 9.88. The third-order valence-electron chi connectivity index (χ3n) is 4.08. The molecule has 88 valence electrons. The van der Waals surface area contributed by atoms with Crippen LogP contribution in [-0.2, 0) is 4.74 Å². The summed E-state index contributed by atoms with van der Waals surface area (Å²) >= 11 is 0. The van der Waals surface area contributed by atoms with Gasteiger partial charge in [-0.25, -0.2) is 0 Å². The van der Waals surface area contributed by atoms with Crippen LogP contribution in [0.25, 0.3) is 0 Å². The molecule has 2 fully saturated rings. The maximum absolute atomic E-state index is 6.09. The molecule has 0 bridgehead atoms. The molecule has 0 spiro atoms. The molecule has 0 aromatic rings. The van der Waals surface area contributed by atoms with E-state index in [1.54, 1.807) is 0 Å². The zero-order valence-corrected chi connectivity index (χ0v) is 10.2. The van der Waals surface area contributed by atoms with Crippen LogP contribution in [-0.4, -0.2) is 25.8 Å². The van der Waals surface area contributed by atoms with Crippen LogP contribution < -0.4 is 5.32 Å². The molecule has 3 unspecified atom stereocenters. The number of hydrogen-bond donors (Lipinski definition) is 1. The smallest absolute Gasteiger partial charge is 0.0626 e. The number of nitrogens with one attached hydrogen (secondary N) is 1. The molecule has 0 aliphatic heterocycles. The first-order chi connectivity index (χ1) is 7.31. The first-order valence-corrected chi connectivity index (χ1v) is 6.60. The van der Waals surface area contributed by atoms with E-state index in [1.807, 2.05) is 0 Å². The highest BCUT2D eigenvalue weighted by Gasteiger charge is 2.31. The van der Waals surface area contributed by atoms with E-state index in [4.69, 9.17) is 4.74 Å². The Morgan fingerprint density at radius 3 is 2.53 bits per heavy atom. The van der Waals surface area contributed by atoms with Crippen molar-refractivity contribution in [1.82, 2.24) is 5.32 Å². The summed E-state index contributed by atoms with van der Waals surface area (Å²) < 4.78 is 6.09. The molecule has 2 saturated carbocycles. The molecule has 0 amide bonds. The van der Waals surface area contributed by atoms with Crippen LogP contribution in [0.3, 0.4) is 0 Å². The molecule has 0 saturated heterocycles. The van der Waals surface area contributed by atoms with E-state index in [9.17, 15) is 0 Å². The number of hydrogen-bond acceptors (Lipinski definition) is 2. The average molecular weight is 211 g/mol. The van der Waals surface area contributed by atoms with Crippen molar-refractivity contribution in [3.63, 3.8) is 0 Å². The summed E-state index contributed by atoms with van der Waals surface area (Å²) in [6, 6.07) is 0.610. The summed E-state index contributed by atoms with van der Waals surface area (Å²) in [5, 5.41) is 3.39. The molecule has 0 radical (unpaired) electrons. The van der Waals surface area contributed by atoms with Gasteiger partial charge in [-0.2, -0.15) is 0 Å². The van der Waals surface area contributed by atoms with E-state index in [-0.39, 0.29) is 0 Å². The summed E-state index contributed by atoms with van der Waals surface area (Å²) in [5.41, 5.74) is 0. The molecular weight excluding hydrogens is 186 g/mol. The van der Waals surface area contributed by atoms with Gasteiger partial charge in [-0.3, -0.25) is 0 Å². The molecule has 1 N–H and O–H groups in total. The summed E-state index contributed by atoms with van der Waals surface area (Å²) in [5.74, 6) is 1.67. The standard InChI is InChI=1S/C13H25NO/c1-10-5-3-4-6-13(10)15-9-12(14-2)11-7-8-11/h10-14H,3-9H2,1-2H3. The Morgan fingerprint density at radius 1 is 1.20 bits per heavy atom. The Hall–Kier alpha value is -0.0800. The van der Waals surface area contributed by atoms with Crippen molar-refractivity contribution < 1.29 is 4.74 Å². The summed E-state index contributed by atoms with van der Waals surface area (Å²) in [7, 11) is 2.07. The molecule has 3 atom stereocenters. The van der Waals surface area contributed by atoms with Crippen LogP contribution >= 0.6 is 0 Å². The van der Waals surface area contributed by atoms with Gasteiger partial charge >= 0.3 is 0 Å². The van der Waals surface area contributed by atoms with E-state index < -0.39 is 0 Å². The molecule has 0 aromatic carbocycles. The van der Waals surface area contributed by atoms with Crippen molar-refractivity contribution in [3.05, 3.63) is 0 Å². The monoisotopic (exact) mass is 211 g/mol. The van der Waals surface area contributed by atoms with Crippen molar-refractivity contribution in [1.29, 1.82) is 0 Å².